The van der Waals surface area contributed by atoms with Gasteiger partial charge in [-0.3, -0.25) is 19.2 Å². The SMILES string of the molecule is CC(=O)O[C@H]1C(=O)[C@@]2(C)[C@H]([C@H](OC(=O)c3ccccc3)[C@]3(O)[C@H]4OC/C=C/COc5ccccc5C(=O)N[C@@H](c5ccccc5)[C@@H](O)C(=O)O[C@@H]4C(C)=C1C3(C)C)[C@]1(OC(C)=O)CO[C@@H]1C[C@@H]2O. The number of aliphatic hydroxyl groups excluding tert-OH is 2. The molecule has 8 rings (SSSR count). The van der Waals surface area contributed by atoms with Crippen LogP contribution in [0.4, 0.5) is 0 Å². The molecular formula is C51H55NO16. The molecule has 2 saturated carbocycles. The predicted molar refractivity (Wildman–Crippen MR) is 237 cm³/mol. The third-order valence-corrected chi connectivity index (χ3v) is 14.5. The van der Waals surface area contributed by atoms with Crippen LogP contribution in [0.2, 0.25) is 0 Å². The van der Waals surface area contributed by atoms with Crippen molar-refractivity contribution < 1.29 is 77.2 Å². The van der Waals surface area contributed by atoms with Gasteiger partial charge in [0, 0.05) is 25.7 Å². The van der Waals surface area contributed by atoms with E-state index in [-0.39, 0.29) is 54.3 Å². The molecule has 2 heterocycles. The Morgan fingerprint density at radius 3 is 2.10 bits per heavy atom. The van der Waals surface area contributed by atoms with Crippen molar-refractivity contribution in [1.29, 1.82) is 0 Å². The smallest absolute Gasteiger partial charge is 0.338 e. The van der Waals surface area contributed by atoms with E-state index >= 15 is 4.79 Å². The molecule has 360 valence electrons. The number of aliphatic hydroxyl groups is 3. The number of Topliss-reactive ketones (excluding diaryl/α,β-unsaturated/α-hetero) is 1. The number of carbonyl (C=O) groups excluding carboxylic acids is 6. The van der Waals surface area contributed by atoms with E-state index < -0.39 is 112 Å². The minimum atomic E-state index is -2.71. The number of para-hydroxylation sites is 1. The van der Waals surface area contributed by atoms with Crippen molar-refractivity contribution in [3.8, 4) is 5.75 Å². The number of amides is 1. The Kier molecular flexibility index (Phi) is 13.0. The number of carbonyl (C=O) groups is 6. The summed E-state index contributed by atoms with van der Waals surface area (Å²) in [6.45, 7) is 7.33. The van der Waals surface area contributed by atoms with Crippen LogP contribution in [0.15, 0.2) is 108 Å². The van der Waals surface area contributed by atoms with Gasteiger partial charge in [0.15, 0.2) is 29.7 Å². The molecule has 3 fully saturated rings. The first-order chi connectivity index (χ1) is 32.3. The molecule has 3 aliphatic carbocycles. The number of benzene rings is 3. The van der Waals surface area contributed by atoms with Crippen LogP contribution in [-0.4, -0.2) is 125 Å². The van der Waals surface area contributed by atoms with E-state index in [9.17, 15) is 39.3 Å². The molecule has 4 N–H and O–H groups in total. The largest absolute Gasteiger partial charge is 0.489 e. The molecule has 1 amide bonds. The van der Waals surface area contributed by atoms with Gasteiger partial charge in [0.25, 0.3) is 5.91 Å². The van der Waals surface area contributed by atoms with Gasteiger partial charge >= 0.3 is 23.9 Å². The summed E-state index contributed by atoms with van der Waals surface area (Å²) >= 11 is 0. The Balaban J connectivity index is 1.39. The molecule has 3 aromatic carbocycles. The van der Waals surface area contributed by atoms with Gasteiger partial charge in [0.05, 0.1) is 47.8 Å². The van der Waals surface area contributed by atoms with E-state index in [1.54, 1.807) is 78.9 Å². The summed E-state index contributed by atoms with van der Waals surface area (Å²) < 4.78 is 43.6. The zero-order chi connectivity index (χ0) is 48.9. The average Bonchev–Trinajstić information content (AvgIpc) is 3.30. The number of nitrogens with one attached hydrogen (secondary N) is 1. The number of hydrogen-bond donors (Lipinski definition) is 4. The van der Waals surface area contributed by atoms with Gasteiger partial charge in [-0.25, -0.2) is 9.59 Å². The number of ketones is 1. The molecule has 68 heavy (non-hydrogen) atoms. The molecule has 2 aliphatic heterocycles. The van der Waals surface area contributed by atoms with Gasteiger partial charge in [-0.05, 0) is 60.9 Å². The Morgan fingerprint density at radius 2 is 1.46 bits per heavy atom. The van der Waals surface area contributed by atoms with Crippen LogP contribution in [0, 0.1) is 16.7 Å². The number of ether oxygens (including phenoxy) is 7. The topological polar surface area (TPSA) is 240 Å². The molecule has 0 aromatic heterocycles. The van der Waals surface area contributed by atoms with Gasteiger partial charge in [-0.2, -0.15) is 0 Å². The normalized spacial score (nSPS) is 35.0. The quantitative estimate of drug-likeness (QED) is 0.162. The Morgan fingerprint density at radius 1 is 0.809 bits per heavy atom. The van der Waals surface area contributed by atoms with Crippen molar-refractivity contribution in [3.63, 3.8) is 0 Å². The minimum absolute atomic E-state index is 0.0207. The van der Waals surface area contributed by atoms with Crippen molar-refractivity contribution in [2.45, 2.75) is 108 Å². The standard InChI is InChI=1S/C51H55NO16/c1-27-36-40(65-28(2)53)42(57)49(6)34(55)25-35-50(26-64-35,68-29(3)54)41(49)44(67-46(59)31-19-11-8-12-20-31)51(61,48(36,4)5)43-39(27)66-47(60)38(56)37(30-17-9-7-10-18-30)52-45(58)32-21-13-14-22-33(32)62-23-15-16-24-63-43/h7-22,34-35,37-41,43-44,55-56,61H,23-26H2,1-6H3,(H,52,58)/b16-15+/t34-,35+,37-,38+,39+,40+,41-,43-,44-,49+,50-,51+/m0/s1. The summed E-state index contributed by atoms with van der Waals surface area (Å²) in [6.07, 6.45) is -9.52. The van der Waals surface area contributed by atoms with Crippen LogP contribution < -0.4 is 10.1 Å². The molecule has 2 bridgehead atoms. The van der Waals surface area contributed by atoms with Crippen LogP contribution in [-0.2, 0) is 47.6 Å². The maximum atomic E-state index is 15.8. The van der Waals surface area contributed by atoms with Crippen molar-refractivity contribution in [1.82, 2.24) is 5.32 Å². The molecule has 5 aliphatic rings. The highest BCUT2D eigenvalue weighted by Gasteiger charge is 2.80. The lowest BCUT2D eigenvalue weighted by atomic mass is 9.44. The predicted octanol–water partition coefficient (Wildman–Crippen LogP) is 3.68. The monoisotopic (exact) mass is 937 g/mol. The zero-order valence-corrected chi connectivity index (χ0v) is 38.4. The molecule has 1 saturated heterocycles. The number of fused-ring (bicyclic) bond motifs is 8. The van der Waals surface area contributed by atoms with Crippen LogP contribution >= 0.6 is 0 Å². The highest BCUT2D eigenvalue weighted by atomic mass is 16.6. The second-order valence-electron chi connectivity index (χ2n) is 18.6. The fourth-order valence-corrected chi connectivity index (χ4v) is 11.1. The average molecular weight is 938 g/mol. The lowest BCUT2D eigenvalue weighted by Crippen LogP contribution is -2.83. The molecule has 17 heteroatoms. The summed E-state index contributed by atoms with van der Waals surface area (Å²) in [4.78, 5) is 85.6. The first-order valence-electron chi connectivity index (χ1n) is 22.4. The van der Waals surface area contributed by atoms with E-state index in [4.69, 9.17) is 33.2 Å². The highest BCUT2D eigenvalue weighted by Crippen LogP contribution is 2.65. The molecule has 12 atom stereocenters. The molecule has 17 nitrogen and oxygen atoms in total. The first-order valence-corrected chi connectivity index (χ1v) is 22.4. The minimum Gasteiger partial charge on any atom is -0.489 e. The summed E-state index contributed by atoms with van der Waals surface area (Å²) in [6, 6.07) is 20.9. The third-order valence-electron chi connectivity index (χ3n) is 14.5. The van der Waals surface area contributed by atoms with E-state index in [2.05, 4.69) is 5.32 Å². The molecule has 3 aromatic rings. The summed E-state index contributed by atoms with van der Waals surface area (Å²) in [7, 11) is 0. The van der Waals surface area contributed by atoms with Gasteiger partial charge in [0.2, 0.25) is 0 Å². The number of rotatable bonds is 5. The zero-order valence-electron chi connectivity index (χ0n) is 38.4. The Hall–Kier alpha value is -6.24. The number of esters is 4. The van der Waals surface area contributed by atoms with Crippen molar-refractivity contribution in [2.75, 3.05) is 19.8 Å². The van der Waals surface area contributed by atoms with Crippen LogP contribution in [0.5, 0.6) is 5.75 Å². The van der Waals surface area contributed by atoms with Crippen molar-refractivity contribution >= 4 is 35.6 Å². The third kappa shape index (κ3) is 7.89. The van der Waals surface area contributed by atoms with Gasteiger partial charge in [-0.1, -0.05) is 80.6 Å². The van der Waals surface area contributed by atoms with E-state index in [1.807, 2.05) is 0 Å². The van der Waals surface area contributed by atoms with E-state index in [0.29, 0.717) is 5.56 Å². The van der Waals surface area contributed by atoms with Crippen molar-refractivity contribution in [2.24, 2.45) is 16.7 Å². The maximum absolute atomic E-state index is 15.8. The second kappa shape index (κ2) is 18.3. The van der Waals surface area contributed by atoms with E-state index in [0.717, 1.165) is 13.8 Å². The highest BCUT2D eigenvalue weighted by molar-refractivity contribution is 5.98. The van der Waals surface area contributed by atoms with Gasteiger partial charge in [0.1, 0.15) is 36.3 Å². The van der Waals surface area contributed by atoms with Crippen LogP contribution in [0.1, 0.15) is 80.3 Å². The summed E-state index contributed by atoms with van der Waals surface area (Å²) in [5.74, 6) is -7.16. The summed E-state index contributed by atoms with van der Waals surface area (Å²) in [5.41, 5.74) is -8.21. The lowest BCUT2D eigenvalue weighted by molar-refractivity contribution is -0.353. The molecule has 0 unspecified atom stereocenters. The van der Waals surface area contributed by atoms with Gasteiger partial charge in [-0.15, -0.1) is 0 Å². The molecule has 0 spiro atoms. The molecular weight excluding hydrogens is 883 g/mol. The second-order valence-corrected chi connectivity index (χ2v) is 18.6. The van der Waals surface area contributed by atoms with Gasteiger partial charge < -0.3 is 53.8 Å². The summed E-state index contributed by atoms with van der Waals surface area (Å²) in [5, 5.41) is 41.5. The Bertz CT molecular complexity index is 2540. The maximum Gasteiger partial charge on any atom is 0.338 e. The Labute approximate surface area is 392 Å². The lowest BCUT2D eigenvalue weighted by Gasteiger charge is -2.68. The van der Waals surface area contributed by atoms with Crippen LogP contribution in [0.3, 0.4) is 0 Å². The number of hydrogen-bond acceptors (Lipinski definition) is 16. The van der Waals surface area contributed by atoms with Crippen molar-refractivity contribution in [3.05, 3.63) is 125 Å². The van der Waals surface area contributed by atoms with E-state index in [1.165, 1.54) is 45.9 Å². The fourth-order valence-electron chi connectivity index (χ4n) is 11.1. The van der Waals surface area contributed by atoms with Crippen LogP contribution in [0.25, 0.3) is 0 Å². The first kappa shape index (κ1) is 48.2. The molecule has 0 radical (unpaired) electrons. The fraction of sp³-hybridized carbons (Fsp3) is 0.451.